The second-order valence-electron chi connectivity index (χ2n) is 5.00. The Labute approximate surface area is 143 Å². The molecule has 0 amide bonds. The largest absolute Gasteiger partial charge is 0.369 e. The normalized spacial score (nSPS) is 18.7. The highest BCUT2D eigenvalue weighted by Crippen LogP contribution is 2.23. The van der Waals surface area contributed by atoms with Gasteiger partial charge in [0, 0.05) is 51.0 Å². The number of rotatable bonds is 2. The highest BCUT2D eigenvalue weighted by Gasteiger charge is 2.23. The predicted molar refractivity (Wildman–Crippen MR) is 97.7 cm³/mol. The number of benzene rings is 1. The molecule has 1 aromatic rings. The Morgan fingerprint density at radius 3 is 2.80 bits per heavy atom. The second-order valence-corrected chi connectivity index (χ2v) is 5.43. The summed E-state index contributed by atoms with van der Waals surface area (Å²) in [7, 11) is 5.81. The van der Waals surface area contributed by atoms with Crippen LogP contribution in [0.1, 0.15) is 6.42 Å². The van der Waals surface area contributed by atoms with Gasteiger partial charge in [-0.2, -0.15) is 0 Å². The van der Waals surface area contributed by atoms with Crippen LogP contribution in [0.3, 0.4) is 0 Å². The molecular formula is C14H22ClIN4. The quantitative estimate of drug-likeness (QED) is 0.464. The van der Waals surface area contributed by atoms with Crippen LogP contribution in [0.25, 0.3) is 0 Å². The molecule has 2 rings (SSSR count). The van der Waals surface area contributed by atoms with Crippen LogP contribution in [-0.2, 0) is 0 Å². The molecule has 1 aliphatic heterocycles. The minimum atomic E-state index is 0. The first-order valence-electron chi connectivity index (χ1n) is 6.51. The van der Waals surface area contributed by atoms with Crippen molar-refractivity contribution in [1.82, 2.24) is 10.2 Å². The van der Waals surface area contributed by atoms with E-state index in [1.807, 2.05) is 44.2 Å². The van der Waals surface area contributed by atoms with Crippen LogP contribution < -0.4 is 10.2 Å². The minimum Gasteiger partial charge on any atom is -0.369 e. The van der Waals surface area contributed by atoms with Crippen LogP contribution in [0.2, 0.25) is 5.02 Å². The van der Waals surface area contributed by atoms with E-state index < -0.39 is 0 Å². The zero-order valence-electron chi connectivity index (χ0n) is 12.1. The minimum absolute atomic E-state index is 0. The number of nitrogens with zero attached hydrogens (tertiary/aromatic N) is 3. The molecule has 1 saturated heterocycles. The first-order valence-corrected chi connectivity index (χ1v) is 6.89. The maximum atomic E-state index is 6.04. The summed E-state index contributed by atoms with van der Waals surface area (Å²) in [6.07, 6.45) is 1.11. The number of hydrogen-bond donors (Lipinski definition) is 1. The fourth-order valence-electron chi connectivity index (χ4n) is 2.36. The van der Waals surface area contributed by atoms with Gasteiger partial charge >= 0.3 is 0 Å². The molecular weight excluding hydrogens is 387 g/mol. The average Bonchev–Trinajstić information content (AvgIpc) is 2.84. The van der Waals surface area contributed by atoms with Gasteiger partial charge in [0.15, 0.2) is 5.96 Å². The number of aliphatic imine (C=N–C) groups is 1. The van der Waals surface area contributed by atoms with E-state index >= 15 is 0 Å². The first kappa shape index (κ1) is 17.4. The van der Waals surface area contributed by atoms with E-state index in [1.165, 1.54) is 5.69 Å². The summed E-state index contributed by atoms with van der Waals surface area (Å²) in [5, 5.41) is 4.27. The molecule has 20 heavy (non-hydrogen) atoms. The molecule has 0 radical (unpaired) electrons. The summed E-state index contributed by atoms with van der Waals surface area (Å²) in [5.74, 6) is 0.929. The van der Waals surface area contributed by atoms with Gasteiger partial charge in [-0.3, -0.25) is 4.99 Å². The molecule has 0 spiro atoms. The van der Waals surface area contributed by atoms with E-state index in [-0.39, 0.29) is 24.0 Å². The van der Waals surface area contributed by atoms with Crippen molar-refractivity contribution < 1.29 is 0 Å². The van der Waals surface area contributed by atoms with Crippen LogP contribution in [-0.4, -0.2) is 51.1 Å². The van der Waals surface area contributed by atoms with Crippen molar-refractivity contribution in [3.63, 3.8) is 0 Å². The van der Waals surface area contributed by atoms with Gasteiger partial charge in [-0.05, 0) is 24.6 Å². The molecule has 4 nitrogen and oxygen atoms in total. The summed E-state index contributed by atoms with van der Waals surface area (Å²) in [4.78, 5) is 8.61. The molecule has 1 unspecified atom stereocenters. The fourth-order valence-corrected chi connectivity index (χ4v) is 2.55. The Morgan fingerprint density at radius 1 is 1.45 bits per heavy atom. The van der Waals surface area contributed by atoms with Crippen LogP contribution in [0.15, 0.2) is 29.3 Å². The molecule has 0 saturated carbocycles. The lowest BCUT2D eigenvalue weighted by atomic mass is 10.2. The highest BCUT2D eigenvalue weighted by atomic mass is 127. The molecule has 1 fully saturated rings. The van der Waals surface area contributed by atoms with Gasteiger partial charge < -0.3 is 15.1 Å². The van der Waals surface area contributed by atoms with Crippen LogP contribution in [0.5, 0.6) is 0 Å². The Kier molecular flexibility index (Phi) is 6.88. The molecule has 1 N–H and O–H groups in total. The van der Waals surface area contributed by atoms with Crippen LogP contribution >= 0.6 is 35.6 Å². The van der Waals surface area contributed by atoms with Gasteiger partial charge in [0.25, 0.3) is 0 Å². The summed E-state index contributed by atoms with van der Waals surface area (Å²) in [6, 6.07) is 8.46. The van der Waals surface area contributed by atoms with Gasteiger partial charge in [-0.1, -0.05) is 17.7 Å². The van der Waals surface area contributed by atoms with Gasteiger partial charge in [0.1, 0.15) is 0 Å². The first-order chi connectivity index (χ1) is 9.10. The molecule has 1 atom stereocenters. The third kappa shape index (κ3) is 4.41. The van der Waals surface area contributed by atoms with E-state index in [2.05, 4.69) is 21.3 Å². The zero-order chi connectivity index (χ0) is 13.8. The van der Waals surface area contributed by atoms with E-state index in [9.17, 15) is 0 Å². The van der Waals surface area contributed by atoms with Crippen LogP contribution in [0, 0.1) is 0 Å². The Balaban J connectivity index is 0.00000200. The molecule has 0 aliphatic carbocycles. The van der Waals surface area contributed by atoms with E-state index in [0.29, 0.717) is 6.04 Å². The third-order valence-electron chi connectivity index (χ3n) is 3.33. The van der Waals surface area contributed by atoms with Crippen molar-refractivity contribution >= 4 is 47.2 Å². The standard InChI is InChI=1S/C14H21ClN4.HI/c1-16-14(18(2)3)17-12-7-8-19(10-12)13-6-4-5-11(15)9-13;/h4-6,9,12H,7-8,10H2,1-3H3,(H,16,17);1H. The lowest BCUT2D eigenvalue weighted by Gasteiger charge is -2.22. The van der Waals surface area contributed by atoms with E-state index in [0.717, 1.165) is 30.5 Å². The van der Waals surface area contributed by atoms with Crippen molar-refractivity contribution in [1.29, 1.82) is 0 Å². The SMILES string of the molecule is CN=C(NC1CCN(c2cccc(Cl)c2)C1)N(C)C.I. The van der Waals surface area contributed by atoms with Crippen molar-refractivity contribution in [2.24, 2.45) is 4.99 Å². The van der Waals surface area contributed by atoms with Crippen molar-refractivity contribution in [3.8, 4) is 0 Å². The number of halogens is 2. The smallest absolute Gasteiger partial charge is 0.193 e. The maximum absolute atomic E-state index is 6.04. The summed E-state index contributed by atoms with van der Waals surface area (Å²) < 4.78 is 0. The fraction of sp³-hybridized carbons (Fsp3) is 0.500. The van der Waals surface area contributed by atoms with Gasteiger partial charge in [0.05, 0.1) is 0 Å². The monoisotopic (exact) mass is 408 g/mol. The van der Waals surface area contributed by atoms with Gasteiger partial charge in [-0.25, -0.2) is 0 Å². The molecule has 0 bridgehead atoms. The summed E-state index contributed by atoms with van der Waals surface area (Å²) >= 11 is 6.04. The van der Waals surface area contributed by atoms with Crippen molar-refractivity contribution in [2.45, 2.75) is 12.5 Å². The third-order valence-corrected chi connectivity index (χ3v) is 3.57. The highest BCUT2D eigenvalue weighted by molar-refractivity contribution is 14.0. The second kappa shape index (κ2) is 7.93. The van der Waals surface area contributed by atoms with Gasteiger partial charge in [0.2, 0.25) is 0 Å². The molecule has 6 heteroatoms. The number of guanidine groups is 1. The lowest BCUT2D eigenvalue weighted by molar-refractivity contribution is 0.548. The molecule has 1 heterocycles. The Morgan fingerprint density at radius 2 is 2.20 bits per heavy atom. The molecule has 0 aromatic heterocycles. The molecule has 1 aromatic carbocycles. The maximum Gasteiger partial charge on any atom is 0.193 e. The zero-order valence-corrected chi connectivity index (χ0v) is 15.2. The Hall–Kier alpha value is -0.690. The van der Waals surface area contributed by atoms with E-state index in [4.69, 9.17) is 11.6 Å². The summed E-state index contributed by atoms with van der Waals surface area (Å²) in [6.45, 7) is 2.02. The molecule has 112 valence electrons. The summed E-state index contributed by atoms with van der Waals surface area (Å²) in [5.41, 5.74) is 1.19. The van der Waals surface area contributed by atoms with Crippen molar-refractivity contribution in [3.05, 3.63) is 29.3 Å². The van der Waals surface area contributed by atoms with E-state index in [1.54, 1.807) is 0 Å². The predicted octanol–water partition coefficient (Wildman–Crippen LogP) is 2.67. The Bertz CT molecular complexity index is 464. The topological polar surface area (TPSA) is 30.9 Å². The van der Waals surface area contributed by atoms with Crippen molar-refractivity contribution in [2.75, 3.05) is 39.1 Å². The number of hydrogen-bond acceptors (Lipinski definition) is 2. The van der Waals surface area contributed by atoms with Crippen LogP contribution in [0.4, 0.5) is 5.69 Å². The number of nitrogens with one attached hydrogen (secondary N) is 1. The van der Waals surface area contributed by atoms with Gasteiger partial charge in [-0.15, -0.1) is 24.0 Å². The lowest BCUT2D eigenvalue weighted by Crippen LogP contribution is -2.43. The molecule has 1 aliphatic rings. The number of anilines is 1. The average molecular weight is 409 g/mol.